The highest BCUT2D eigenvalue weighted by molar-refractivity contribution is 9.09. The highest BCUT2D eigenvalue weighted by Crippen LogP contribution is 2.44. The van der Waals surface area contributed by atoms with Gasteiger partial charge in [-0.3, -0.25) is 0 Å². The number of rotatable bonds is 9. The van der Waals surface area contributed by atoms with E-state index in [0.29, 0.717) is 11.1 Å². The van der Waals surface area contributed by atoms with E-state index in [0.717, 1.165) is 17.3 Å². The van der Waals surface area contributed by atoms with Crippen LogP contribution in [0.5, 0.6) is 0 Å². The molecule has 0 aromatic heterocycles. The van der Waals surface area contributed by atoms with Gasteiger partial charge in [0.2, 0.25) is 0 Å². The molecule has 0 radical (unpaired) electrons. The van der Waals surface area contributed by atoms with Crippen molar-refractivity contribution in [3.63, 3.8) is 0 Å². The molecule has 19 heavy (non-hydrogen) atoms. The average Bonchev–Trinajstić information content (AvgIpc) is 2.40. The molecule has 0 saturated carbocycles. The summed E-state index contributed by atoms with van der Waals surface area (Å²) in [4.78, 5) is 0. The molecule has 4 heteroatoms. The lowest BCUT2D eigenvalue weighted by Crippen LogP contribution is -2.48. The molecule has 1 heterocycles. The van der Waals surface area contributed by atoms with Crippen LogP contribution in [0, 0.1) is 5.41 Å². The molecule has 0 bridgehead atoms. The van der Waals surface area contributed by atoms with Gasteiger partial charge in [-0.25, -0.2) is 0 Å². The average molecular weight is 414 g/mol. The maximum atomic E-state index is 6.26. The molecule has 0 N–H and O–H groups in total. The van der Waals surface area contributed by atoms with E-state index in [1.165, 1.54) is 51.4 Å². The maximum absolute atomic E-state index is 6.26. The Morgan fingerprint density at radius 3 is 2.11 bits per heavy atom. The minimum Gasteiger partial charge on any atom is -0.381 e. The molecule has 1 rings (SSSR count). The number of unbranched alkanes of at least 4 members (excludes halogenated alkanes) is 2. The molecule has 1 saturated heterocycles. The third-order valence-electron chi connectivity index (χ3n) is 4.44. The zero-order chi connectivity index (χ0) is 14.1. The van der Waals surface area contributed by atoms with Crippen molar-refractivity contribution < 1.29 is 4.74 Å². The Balaban J connectivity index is 2.68. The predicted octanol–water partition coefficient (Wildman–Crippen LogP) is 5.31. The standard InChI is InChI=1S/C15H30Br2OSi/c1-19(2)14-15(8-3-5-11-16,9-4-6-12-17)10-7-13-18-14/h14,19H,3-13H2,1-2H3. The van der Waals surface area contributed by atoms with E-state index in [1.54, 1.807) is 0 Å². The Bertz CT molecular complexity index is 226. The molecule has 1 aliphatic rings. The van der Waals surface area contributed by atoms with Gasteiger partial charge in [0, 0.05) is 17.3 Å². The number of hydrogen-bond donors (Lipinski definition) is 0. The van der Waals surface area contributed by atoms with Gasteiger partial charge in [0.05, 0.1) is 14.5 Å². The van der Waals surface area contributed by atoms with Gasteiger partial charge >= 0.3 is 0 Å². The molecular weight excluding hydrogens is 384 g/mol. The molecule has 114 valence electrons. The molecule has 1 aliphatic heterocycles. The summed E-state index contributed by atoms with van der Waals surface area (Å²) >= 11 is 7.14. The molecule has 1 fully saturated rings. The van der Waals surface area contributed by atoms with Crippen LogP contribution >= 0.6 is 31.9 Å². The third kappa shape index (κ3) is 5.80. The van der Waals surface area contributed by atoms with Gasteiger partial charge in [-0.2, -0.15) is 0 Å². The van der Waals surface area contributed by atoms with E-state index >= 15 is 0 Å². The summed E-state index contributed by atoms with van der Waals surface area (Å²) < 4.78 is 6.26. The van der Waals surface area contributed by atoms with Crippen LogP contribution in [0.15, 0.2) is 0 Å². The largest absolute Gasteiger partial charge is 0.381 e. The van der Waals surface area contributed by atoms with Crippen molar-refractivity contribution in [2.24, 2.45) is 5.41 Å². The summed E-state index contributed by atoms with van der Waals surface area (Å²) in [5.74, 6) is 0. The van der Waals surface area contributed by atoms with E-state index in [4.69, 9.17) is 4.74 Å². The van der Waals surface area contributed by atoms with Crippen molar-refractivity contribution in [2.45, 2.75) is 70.2 Å². The van der Waals surface area contributed by atoms with E-state index in [1.807, 2.05) is 0 Å². The van der Waals surface area contributed by atoms with Gasteiger partial charge in [0.1, 0.15) is 0 Å². The molecular formula is C15H30Br2OSi. The minimum atomic E-state index is -0.726. The molecule has 0 aliphatic carbocycles. The second-order valence-electron chi connectivity index (χ2n) is 6.29. The van der Waals surface area contributed by atoms with E-state index in [-0.39, 0.29) is 0 Å². The van der Waals surface area contributed by atoms with E-state index < -0.39 is 8.80 Å². The van der Waals surface area contributed by atoms with Gasteiger partial charge < -0.3 is 4.74 Å². The minimum absolute atomic E-state index is 0.517. The van der Waals surface area contributed by atoms with E-state index in [9.17, 15) is 0 Å². The van der Waals surface area contributed by atoms with Crippen LogP contribution in [0.4, 0.5) is 0 Å². The lowest BCUT2D eigenvalue weighted by atomic mass is 9.74. The maximum Gasteiger partial charge on any atom is 0.0663 e. The zero-order valence-corrected chi connectivity index (χ0v) is 16.9. The van der Waals surface area contributed by atoms with Crippen molar-refractivity contribution in [3.8, 4) is 0 Å². The van der Waals surface area contributed by atoms with Gasteiger partial charge in [-0.1, -0.05) is 57.8 Å². The second kappa shape index (κ2) is 9.96. The highest BCUT2D eigenvalue weighted by atomic mass is 79.9. The van der Waals surface area contributed by atoms with Crippen molar-refractivity contribution in [1.29, 1.82) is 0 Å². The topological polar surface area (TPSA) is 9.23 Å². The first-order chi connectivity index (χ1) is 9.16. The Labute approximate surface area is 138 Å². The Morgan fingerprint density at radius 1 is 1.05 bits per heavy atom. The summed E-state index contributed by atoms with van der Waals surface area (Å²) in [6.45, 7) is 5.95. The van der Waals surface area contributed by atoms with Gasteiger partial charge in [0.25, 0.3) is 0 Å². The second-order valence-corrected chi connectivity index (χ2v) is 11.0. The summed E-state index contributed by atoms with van der Waals surface area (Å²) in [5.41, 5.74) is 1.13. The summed E-state index contributed by atoms with van der Waals surface area (Å²) in [7, 11) is -0.726. The SMILES string of the molecule is C[SiH](C)C1OCCCC1(CCCCBr)CCCCBr. The molecule has 1 atom stereocenters. The Kier molecular flexibility index (Phi) is 9.54. The summed E-state index contributed by atoms with van der Waals surface area (Å²) in [6.07, 6.45) is 10.8. The smallest absolute Gasteiger partial charge is 0.0663 e. The van der Waals surface area contributed by atoms with Crippen LogP contribution in [-0.4, -0.2) is 31.8 Å². The van der Waals surface area contributed by atoms with E-state index in [2.05, 4.69) is 45.0 Å². The van der Waals surface area contributed by atoms with Crippen LogP contribution < -0.4 is 0 Å². The van der Waals surface area contributed by atoms with Crippen LogP contribution in [0.25, 0.3) is 0 Å². The normalized spacial score (nSPS) is 22.9. The fraction of sp³-hybridized carbons (Fsp3) is 1.00. The number of hydrogen-bond acceptors (Lipinski definition) is 1. The third-order valence-corrected chi connectivity index (χ3v) is 7.67. The van der Waals surface area contributed by atoms with Crippen molar-refractivity contribution in [2.75, 3.05) is 17.3 Å². The fourth-order valence-corrected chi connectivity index (χ4v) is 6.88. The number of halogens is 2. The quantitative estimate of drug-likeness (QED) is 0.282. The molecule has 1 nitrogen and oxygen atoms in total. The van der Waals surface area contributed by atoms with Crippen LogP contribution in [0.2, 0.25) is 13.1 Å². The molecule has 0 amide bonds. The number of ether oxygens (including phenoxy) is 1. The Morgan fingerprint density at radius 2 is 1.63 bits per heavy atom. The van der Waals surface area contributed by atoms with Gasteiger partial charge in [0.15, 0.2) is 0 Å². The van der Waals surface area contributed by atoms with Crippen LogP contribution in [-0.2, 0) is 4.74 Å². The van der Waals surface area contributed by atoms with Crippen molar-refractivity contribution >= 4 is 40.7 Å². The first-order valence-corrected chi connectivity index (χ1v) is 13.1. The fourth-order valence-electron chi connectivity index (χ4n) is 3.66. The molecule has 0 spiro atoms. The lowest BCUT2D eigenvalue weighted by molar-refractivity contribution is -0.0519. The lowest BCUT2D eigenvalue weighted by Gasteiger charge is -2.46. The number of alkyl halides is 2. The van der Waals surface area contributed by atoms with Gasteiger partial charge in [-0.15, -0.1) is 0 Å². The van der Waals surface area contributed by atoms with Crippen molar-refractivity contribution in [1.82, 2.24) is 0 Å². The first kappa shape index (κ1) is 18.2. The summed E-state index contributed by atoms with van der Waals surface area (Å²) in [5, 5.41) is 2.30. The predicted molar refractivity (Wildman–Crippen MR) is 95.6 cm³/mol. The summed E-state index contributed by atoms with van der Waals surface area (Å²) in [6, 6.07) is 0. The molecule has 0 aromatic carbocycles. The van der Waals surface area contributed by atoms with Crippen molar-refractivity contribution in [3.05, 3.63) is 0 Å². The Hall–Kier alpha value is 1.14. The molecule has 1 unspecified atom stereocenters. The highest BCUT2D eigenvalue weighted by Gasteiger charge is 2.42. The van der Waals surface area contributed by atoms with Gasteiger partial charge in [-0.05, 0) is 43.9 Å². The monoisotopic (exact) mass is 412 g/mol. The molecule has 0 aromatic rings. The first-order valence-electron chi connectivity index (χ1n) is 7.90. The van der Waals surface area contributed by atoms with Crippen LogP contribution in [0.3, 0.4) is 0 Å². The van der Waals surface area contributed by atoms with Crippen LogP contribution in [0.1, 0.15) is 51.4 Å². The zero-order valence-electron chi connectivity index (χ0n) is 12.6.